The lowest BCUT2D eigenvalue weighted by Crippen LogP contribution is -2.34. The zero-order valence-electron chi connectivity index (χ0n) is 16.5. The fraction of sp³-hybridized carbons (Fsp3) is 0.667. The molecule has 25 heavy (non-hydrogen) atoms. The van der Waals surface area contributed by atoms with E-state index in [1.165, 1.54) is 31.2 Å². The number of nitrogens with one attached hydrogen (secondary N) is 1. The Hall–Kier alpha value is -1.39. The van der Waals surface area contributed by atoms with Gasteiger partial charge in [0.05, 0.1) is 19.3 Å². The summed E-state index contributed by atoms with van der Waals surface area (Å²) in [6.07, 6.45) is 5.46. The predicted octanol–water partition coefficient (Wildman–Crippen LogP) is 4.08. The highest BCUT2D eigenvalue weighted by Gasteiger charge is 2.21. The Morgan fingerprint density at radius 1 is 1.20 bits per heavy atom. The zero-order valence-corrected chi connectivity index (χ0v) is 16.5. The molecule has 0 spiro atoms. The Balaban J connectivity index is 1.75. The van der Waals surface area contributed by atoms with Crippen molar-refractivity contribution in [3.05, 3.63) is 28.8 Å². The van der Waals surface area contributed by atoms with Crippen LogP contribution in [0.1, 0.15) is 49.3 Å². The van der Waals surface area contributed by atoms with Crippen LogP contribution in [0.15, 0.2) is 12.1 Å². The molecule has 0 aliphatic heterocycles. The average molecular weight is 347 g/mol. The molecule has 4 nitrogen and oxygen atoms in total. The molecule has 1 aromatic carbocycles. The molecule has 1 aliphatic rings. The first-order valence-corrected chi connectivity index (χ1v) is 9.54. The van der Waals surface area contributed by atoms with Crippen molar-refractivity contribution in [1.82, 2.24) is 4.90 Å². The molecule has 1 aromatic rings. The maximum absolute atomic E-state index is 12.3. The molecule has 0 bridgehead atoms. The van der Waals surface area contributed by atoms with Gasteiger partial charge in [0.25, 0.3) is 0 Å². The highest BCUT2D eigenvalue weighted by Crippen LogP contribution is 2.26. The number of aryl methyl sites for hydroxylation is 3. The summed E-state index contributed by atoms with van der Waals surface area (Å²) < 4.78 is 6.04. The maximum atomic E-state index is 12.3. The molecule has 1 aliphatic carbocycles. The lowest BCUT2D eigenvalue weighted by atomic mass is 9.88. The third kappa shape index (κ3) is 6.12. The van der Waals surface area contributed by atoms with E-state index in [1.807, 2.05) is 25.8 Å². The number of rotatable bonds is 7. The minimum atomic E-state index is 0.0311. The molecule has 1 N–H and O–H groups in total. The van der Waals surface area contributed by atoms with E-state index in [9.17, 15) is 4.79 Å². The van der Waals surface area contributed by atoms with E-state index in [4.69, 9.17) is 4.74 Å². The first kappa shape index (κ1) is 19.9. The van der Waals surface area contributed by atoms with Crippen molar-refractivity contribution in [2.75, 3.05) is 32.1 Å². The monoisotopic (exact) mass is 346 g/mol. The summed E-state index contributed by atoms with van der Waals surface area (Å²) >= 11 is 0. The number of likely N-dealkylation sites (N-methyl/N-ethyl adjacent to an activating group) is 1. The van der Waals surface area contributed by atoms with Crippen LogP contribution in [-0.2, 0) is 9.53 Å². The zero-order chi connectivity index (χ0) is 18.4. The van der Waals surface area contributed by atoms with Crippen molar-refractivity contribution < 1.29 is 9.53 Å². The van der Waals surface area contributed by atoms with Crippen molar-refractivity contribution in [2.24, 2.45) is 5.92 Å². The van der Waals surface area contributed by atoms with Gasteiger partial charge in [-0.15, -0.1) is 0 Å². The fourth-order valence-electron chi connectivity index (χ4n) is 3.77. The number of anilines is 1. The first-order valence-electron chi connectivity index (χ1n) is 9.54. The lowest BCUT2D eigenvalue weighted by molar-refractivity contribution is -0.117. The number of hydrogen-bond donors (Lipinski definition) is 1. The number of carbonyl (C=O) groups excluding carboxylic acids is 1. The van der Waals surface area contributed by atoms with Crippen molar-refractivity contribution >= 4 is 11.6 Å². The van der Waals surface area contributed by atoms with Crippen LogP contribution in [0.25, 0.3) is 0 Å². The number of ether oxygens (including phenoxy) is 1. The number of carbonyl (C=O) groups is 1. The van der Waals surface area contributed by atoms with Gasteiger partial charge in [0.2, 0.25) is 5.91 Å². The Bertz CT molecular complexity index is 562. The van der Waals surface area contributed by atoms with Crippen molar-refractivity contribution in [3.8, 4) is 0 Å². The molecule has 0 aromatic heterocycles. The van der Waals surface area contributed by atoms with Crippen LogP contribution in [-0.4, -0.2) is 43.7 Å². The fourth-order valence-corrected chi connectivity index (χ4v) is 3.77. The van der Waals surface area contributed by atoms with E-state index in [1.54, 1.807) is 0 Å². The van der Waals surface area contributed by atoms with Crippen LogP contribution >= 0.6 is 0 Å². The number of hydrogen-bond acceptors (Lipinski definition) is 3. The molecule has 2 rings (SSSR count). The second-order valence-electron chi connectivity index (χ2n) is 7.73. The molecular weight excluding hydrogens is 312 g/mol. The second kappa shape index (κ2) is 9.35. The van der Waals surface area contributed by atoms with Gasteiger partial charge < -0.3 is 10.1 Å². The van der Waals surface area contributed by atoms with Gasteiger partial charge in [-0.05, 0) is 57.7 Å². The Morgan fingerprint density at radius 3 is 2.48 bits per heavy atom. The molecule has 1 fully saturated rings. The smallest absolute Gasteiger partial charge is 0.238 e. The van der Waals surface area contributed by atoms with Crippen molar-refractivity contribution in [1.29, 1.82) is 0 Å². The van der Waals surface area contributed by atoms with Gasteiger partial charge in [-0.25, -0.2) is 0 Å². The largest absolute Gasteiger partial charge is 0.377 e. The van der Waals surface area contributed by atoms with Crippen LogP contribution in [0.3, 0.4) is 0 Å². The van der Waals surface area contributed by atoms with Gasteiger partial charge in [0.1, 0.15) is 0 Å². The van der Waals surface area contributed by atoms with Gasteiger partial charge in [-0.3, -0.25) is 9.69 Å². The molecule has 0 saturated heterocycles. The third-order valence-corrected chi connectivity index (χ3v) is 5.19. The highest BCUT2D eigenvalue weighted by molar-refractivity contribution is 5.93. The van der Waals surface area contributed by atoms with E-state index in [-0.39, 0.29) is 5.91 Å². The minimum Gasteiger partial charge on any atom is -0.377 e. The summed E-state index contributed by atoms with van der Waals surface area (Å²) in [5, 5.41) is 3.06. The molecule has 0 radical (unpaired) electrons. The predicted molar refractivity (Wildman–Crippen MR) is 104 cm³/mol. The van der Waals surface area contributed by atoms with E-state index >= 15 is 0 Å². The third-order valence-electron chi connectivity index (χ3n) is 5.19. The number of nitrogens with zero attached hydrogens (tertiary/aromatic N) is 1. The standard InChI is InChI=1S/C21H34N2O2/c1-15-12-17(3)21(18(4)13-15)22-20(24)14-23(5)10-11-25-19-9-7-6-8-16(19)2/h12-13,16,19H,6-11,14H2,1-5H3,(H,22,24)/t16-,19+/m1/s1. The molecule has 0 heterocycles. The van der Waals surface area contributed by atoms with Gasteiger partial charge in [-0.1, -0.05) is 37.5 Å². The Kier molecular flexibility index (Phi) is 7.45. The summed E-state index contributed by atoms with van der Waals surface area (Å²) in [7, 11) is 1.97. The van der Waals surface area contributed by atoms with Crippen LogP contribution in [0.4, 0.5) is 5.69 Å². The lowest BCUT2D eigenvalue weighted by Gasteiger charge is -2.29. The van der Waals surface area contributed by atoms with Crippen molar-refractivity contribution in [2.45, 2.75) is 59.5 Å². The molecule has 4 heteroatoms. The minimum absolute atomic E-state index is 0.0311. The summed E-state index contributed by atoms with van der Waals surface area (Å²) in [5.41, 5.74) is 4.39. The van der Waals surface area contributed by atoms with Gasteiger partial charge in [0.15, 0.2) is 0 Å². The van der Waals surface area contributed by atoms with Gasteiger partial charge >= 0.3 is 0 Å². The summed E-state index contributed by atoms with van der Waals surface area (Å²) in [6, 6.07) is 4.21. The van der Waals surface area contributed by atoms with Gasteiger partial charge in [0, 0.05) is 12.2 Å². The first-order chi connectivity index (χ1) is 11.9. The maximum Gasteiger partial charge on any atom is 0.238 e. The topological polar surface area (TPSA) is 41.6 Å². The van der Waals surface area contributed by atoms with Gasteiger partial charge in [-0.2, -0.15) is 0 Å². The molecule has 1 amide bonds. The molecule has 140 valence electrons. The quantitative estimate of drug-likeness (QED) is 0.809. The second-order valence-corrected chi connectivity index (χ2v) is 7.73. The molecule has 2 atom stereocenters. The van der Waals surface area contributed by atoms with Crippen LogP contribution in [0.2, 0.25) is 0 Å². The number of benzene rings is 1. The number of amides is 1. The van der Waals surface area contributed by atoms with E-state index < -0.39 is 0 Å². The summed E-state index contributed by atoms with van der Waals surface area (Å²) in [4.78, 5) is 14.4. The average Bonchev–Trinajstić information content (AvgIpc) is 2.52. The normalized spacial score (nSPS) is 20.7. The van der Waals surface area contributed by atoms with Crippen LogP contribution in [0.5, 0.6) is 0 Å². The summed E-state index contributed by atoms with van der Waals surface area (Å²) in [5.74, 6) is 0.693. The van der Waals surface area contributed by atoms with Crippen LogP contribution in [0, 0.1) is 26.7 Å². The Labute approximate surface area is 152 Å². The molecule has 0 unspecified atom stereocenters. The SMILES string of the molecule is Cc1cc(C)c(NC(=O)CN(C)CCO[C@H]2CCCC[C@H]2C)c(C)c1. The molecular formula is C21H34N2O2. The van der Waals surface area contributed by atoms with Crippen LogP contribution < -0.4 is 5.32 Å². The van der Waals surface area contributed by atoms with E-state index in [2.05, 4.69) is 31.3 Å². The molecule has 1 saturated carbocycles. The van der Waals surface area contributed by atoms with E-state index in [0.717, 1.165) is 23.4 Å². The highest BCUT2D eigenvalue weighted by atomic mass is 16.5. The summed E-state index contributed by atoms with van der Waals surface area (Å²) in [6.45, 7) is 10.3. The van der Waals surface area contributed by atoms with E-state index in [0.29, 0.717) is 25.2 Å². The Morgan fingerprint density at radius 2 is 1.84 bits per heavy atom. The van der Waals surface area contributed by atoms with Crippen molar-refractivity contribution in [3.63, 3.8) is 0 Å².